The molecule has 0 bridgehead atoms. The number of aromatic carboxylic acids is 1. The second kappa shape index (κ2) is 5.06. The summed E-state index contributed by atoms with van der Waals surface area (Å²) in [7, 11) is 1.71. The molecule has 0 atom stereocenters. The van der Waals surface area contributed by atoms with Crippen LogP contribution in [0.5, 0.6) is 0 Å². The zero-order valence-corrected chi connectivity index (χ0v) is 11.8. The standard InChI is InChI=1S/C14H11ClN4O2/c1-18-13(6-12(17-18)14(20)21)9-2-4-11(5-3-9)19-8-10(15)7-16-19/h2-8H,1H3,(H,20,21). The highest BCUT2D eigenvalue weighted by atomic mass is 35.5. The van der Waals surface area contributed by atoms with Crippen molar-refractivity contribution < 1.29 is 9.90 Å². The highest BCUT2D eigenvalue weighted by molar-refractivity contribution is 6.30. The SMILES string of the molecule is Cn1nc(C(=O)O)cc1-c1ccc(-n2cc(Cl)cn2)cc1. The summed E-state index contributed by atoms with van der Waals surface area (Å²) >= 11 is 5.84. The first-order chi connectivity index (χ1) is 10.0. The number of hydrogen-bond donors (Lipinski definition) is 1. The Kier molecular flexibility index (Phi) is 3.23. The lowest BCUT2D eigenvalue weighted by Crippen LogP contribution is -1.99. The van der Waals surface area contributed by atoms with Crippen LogP contribution >= 0.6 is 11.6 Å². The Bertz CT molecular complexity index is 805. The molecule has 0 saturated heterocycles. The van der Waals surface area contributed by atoms with E-state index in [2.05, 4.69) is 10.2 Å². The lowest BCUT2D eigenvalue weighted by atomic mass is 10.1. The summed E-state index contributed by atoms with van der Waals surface area (Å²) in [5, 5.41) is 17.6. The molecule has 3 rings (SSSR count). The Morgan fingerprint density at radius 2 is 2.00 bits per heavy atom. The Labute approximate surface area is 125 Å². The molecule has 0 amide bonds. The lowest BCUT2D eigenvalue weighted by Gasteiger charge is -2.04. The van der Waals surface area contributed by atoms with E-state index in [1.54, 1.807) is 34.9 Å². The lowest BCUT2D eigenvalue weighted by molar-refractivity contribution is 0.0689. The molecular formula is C14H11ClN4O2. The van der Waals surface area contributed by atoms with Gasteiger partial charge in [0.05, 0.1) is 22.6 Å². The van der Waals surface area contributed by atoms with Gasteiger partial charge in [-0.3, -0.25) is 4.68 Å². The van der Waals surface area contributed by atoms with Gasteiger partial charge in [0.1, 0.15) is 0 Å². The van der Waals surface area contributed by atoms with E-state index in [0.29, 0.717) is 5.02 Å². The Hall–Kier alpha value is -2.60. The molecule has 2 aromatic heterocycles. The predicted octanol–water partition coefficient (Wildman–Crippen LogP) is 2.62. The first-order valence-electron chi connectivity index (χ1n) is 6.13. The summed E-state index contributed by atoms with van der Waals surface area (Å²) in [6.45, 7) is 0. The molecule has 6 nitrogen and oxygen atoms in total. The predicted molar refractivity (Wildman–Crippen MR) is 77.7 cm³/mol. The van der Waals surface area contributed by atoms with Crippen LogP contribution in [0.2, 0.25) is 5.02 Å². The Balaban J connectivity index is 1.96. The quantitative estimate of drug-likeness (QED) is 0.807. The van der Waals surface area contributed by atoms with Crippen molar-refractivity contribution in [3.63, 3.8) is 0 Å². The number of halogens is 1. The molecule has 0 aliphatic carbocycles. The van der Waals surface area contributed by atoms with E-state index in [1.165, 1.54) is 0 Å². The molecule has 0 saturated carbocycles. The van der Waals surface area contributed by atoms with Crippen LogP contribution < -0.4 is 0 Å². The van der Waals surface area contributed by atoms with Gasteiger partial charge < -0.3 is 5.11 Å². The van der Waals surface area contributed by atoms with Gasteiger partial charge in [-0.1, -0.05) is 23.7 Å². The average Bonchev–Trinajstić information content (AvgIpc) is 3.05. The zero-order chi connectivity index (χ0) is 15.0. The molecule has 2 heterocycles. The first-order valence-corrected chi connectivity index (χ1v) is 6.51. The fourth-order valence-corrected chi connectivity index (χ4v) is 2.20. The van der Waals surface area contributed by atoms with Gasteiger partial charge in [0.2, 0.25) is 0 Å². The Morgan fingerprint density at radius 3 is 2.52 bits per heavy atom. The molecule has 1 N–H and O–H groups in total. The van der Waals surface area contributed by atoms with Crippen LogP contribution in [0.15, 0.2) is 42.7 Å². The van der Waals surface area contributed by atoms with Crippen molar-refractivity contribution in [2.75, 3.05) is 0 Å². The van der Waals surface area contributed by atoms with Crippen molar-refractivity contribution in [1.29, 1.82) is 0 Å². The van der Waals surface area contributed by atoms with Gasteiger partial charge in [0, 0.05) is 13.2 Å². The van der Waals surface area contributed by atoms with Gasteiger partial charge in [-0.25, -0.2) is 9.48 Å². The topological polar surface area (TPSA) is 72.9 Å². The normalized spacial score (nSPS) is 10.8. The molecule has 1 aromatic carbocycles. The van der Waals surface area contributed by atoms with E-state index in [4.69, 9.17) is 16.7 Å². The maximum Gasteiger partial charge on any atom is 0.356 e. The summed E-state index contributed by atoms with van der Waals surface area (Å²) in [5.74, 6) is -1.04. The van der Waals surface area contributed by atoms with Crippen molar-refractivity contribution >= 4 is 17.6 Å². The van der Waals surface area contributed by atoms with Crippen LogP contribution in [0.4, 0.5) is 0 Å². The minimum atomic E-state index is -1.04. The van der Waals surface area contributed by atoms with Gasteiger partial charge in [-0.15, -0.1) is 0 Å². The number of carbonyl (C=O) groups is 1. The van der Waals surface area contributed by atoms with E-state index < -0.39 is 5.97 Å². The maximum atomic E-state index is 10.9. The molecule has 0 aliphatic rings. The van der Waals surface area contributed by atoms with Gasteiger partial charge in [0.25, 0.3) is 0 Å². The smallest absolute Gasteiger partial charge is 0.356 e. The number of hydrogen-bond acceptors (Lipinski definition) is 3. The zero-order valence-electron chi connectivity index (χ0n) is 11.1. The number of carboxylic acid groups (broad SMARTS) is 1. The third-order valence-corrected chi connectivity index (χ3v) is 3.27. The largest absolute Gasteiger partial charge is 0.476 e. The molecule has 7 heteroatoms. The highest BCUT2D eigenvalue weighted by Crippen LogP contribution is 2.22. The van der Waals surface area contributed by atoms with Crippen molar-refractivity contribution in [2.45, 2.75) is 0 Å². The third kappa shape index (κ3) is 2.53. The van der Waals surface area contributed by atoms with Gasteiger partial charge in [-0.05, 0) is 23.8 Å². The van der Waals surface area contributed by atoms with Crippen molar-refractivity contribution in [3.8, 4) is 16.9 Å². The van der Waals surface area contributed by atoms with Gasteiger partial charge in [0.15, 0.2) is 5.69 Å². The van der Waals surface area contributed by atoms with E-state index in [0.717, 1.165) is 16.9 Å². The first kappa shape index (κ1) is 13.4. The molecular weight excluding hydrogens is 292 g/mol. The van der Waals surface area contributed by atoms with Crippen LogP contribution in [0.25, 0.3) is 16.9 Å². The van der Waals surface area contributed by atoms with Crippen LogP contribution in [-0.4, -0.2) is 30.6 Å². The number of benzene rings is 1. The maximum absolute atomic E-state index is 10.9. The third-order valence-electron chi connectivity index (χ3n) is 3.08. The summed E-state index contributed by atoms with van der Waals surface area (Å²) in [6.07, 6.45) is 3.28. The summed E-state index contributed by atoms with van der Waals surface area (Å²) in [6, 6.07) is 9.07. The van der Waals surface area contributed by atoms with Crippen molar-refractivity contribution in [1.82, 2.24) is 19.6 Å². The monoisotopic (exact) mass is 302 g/mol. The summed E-state index contributed by atoms with van der Waals surface area (Å²) < 4.78 is 3.21. The molecule has 0 unspecified atom stereocenters. The highest BCUT2D eigenvalue weighted by Gasteiger charge is 2.12. The molecule has 0 radical (unpaired) electrons. The number of aryl methyl sites for hydroxylation is 1. The average molecular weight is 303 g/mol. The summed E-state index contributed by atoms with van der Waals surface area (Å²) in [4.78, 5) is 10.9. The van der Waals surface area contributed by atoms with E-state index in [1.807, 2.05) is 24.3 Å². The van der Waals surface area contributed by atoms with Crippen LogP contribution in [0, 0.1) is 0 Å². The van der Waals surface area contributed by atoms with Crippen LogP contribution in [-0.2, 0) is 7.05 Å². The molecule has 0 aliphatic heterocycles. The minimum Gasteiger partial charge on any atom is -0.476 e. The van der Waals surface area contributed by atoms with Crippen molar-refractivity contribution in [3.05, 3.63) is 53.4 Å². The van der Waals surface area contributed by atoms with E-state index in [9.17, 15) is 4.79 Å². The molecule has 21 heavy (non-hydrogen) atoms. The Morgan fingerprint density at radius 1 is 1.29 bits per heavy atom. The second-order valence-corrected chi connectivity index (χ2v) is 4.93. The fraction of sp³-hybridized carbons (Fsp3) is 0.0714. The van der Waals surface area contributed by atoms with Gasteiger partial charge in [-0.2, -0.15) is 10.2 Å². The number of aromatic nitrogens is 4. The van der Waals surface area contributed by atoms with Crippen molar-refractivity contribution in [2.24, 2.45) is 7.05 Å². The number of carboxylic acids is 1. The molecule has 3 aromatic rings. The molecule has 0 spiro atoms. The van der Waals surface area contributed by atoms with E-state index in [-0.39, 0.29) is 5.69 Å². The fourth-order valence-electron chi connectivity index (χ4n) is 2.07. The van der Waals surface area contributed by atoms with Crippen LogP contribution in [0.1, 0.15) is 10.5 Å². The molecule has 0 fully saturated rings. The van der Waals surface area contributed by atoms with Crippen LogP contribution in [0.3, 0.4) is 0 Å². The molecule has 106 valence electrons. The number of rotatable bonds is 3. The second-order valence-electron chi connectivity index (χ2n) is 4.49. The van der Waals surface area contributed by atoms with E-state index >= 15 is 0 Å². The van der Waals surface area contributed by atoms with Gasteiger partial charge >= 0.3 is 5.97 Å². The minimum absolute atomic E-state index is 0.0236. The number of nitrogens with zero attached hydrogens (tertiary/aromatic N) is 4. The summed E-state index contributed by atoms with van der Waals surface area (Å²) in [5.41, 5.74) is 2.50.